The summed E-state index contributed by atoms with van der Waals surface area (Å²) in [6.45, 7) is 1.90. The van der Waals surface area contributed by atoms with Crippen molar-refractivity contribution in [3.05, 3.63) is 35.7 Å². The summed E-state index contributed by atoms with van der Waals surface area (Å²) in [7, 11) is 0. The molecular weight excluding hydrogens is 176 g/mol. The number of nitrogens with zero attached hydrogens (tertiary/aromatic N) is 2. The topological polar surface area (TPSA) is 75.7 Å². The van der Waals surface area contributed by atoms with Crippen molar-refractivity contribution in [1.29, 1.82) is 5.41 Å². The largest absolute Gasteiger partial charge is 0.382 e. The number of nitrogens with two attached hydrogens (primary N) is 1. The quantitative estimate of drug-likeness (QED) is 0.519. The first-order valence-corrected chi connectivity index (χ1v) is 4.25. The highest BCUT2D eigenvalue weighted by Crippen LogP contribution is 2.10. The summed E-state index contributed by atoms with van der Waals surface area (Å²) in [6, 6.07) is 7.47. The van der Waals surface area contributed by atoms with E-state index in [1.807, 2.05) is 25.1 Å². The third kappa shape index (κ3) is 1.42. The second-order valence-electron chi connectivity index (χ2n) is 3.11. The zero-order valence-electron chi connectivity index (χ0n) is 7.78. The number of nitrogens with one attached hydrogen (secondary N) is 1. The van der Waals surface area contributed by atoms with Gasteiger partial charge in [-0.2, -0.15) is 0 Å². The number of nitrogen functional groups attached to an aromatic ring is 1. The van der Waals surface area contributed by atoms with Crippen molar-refractivity contribution in [2.45, 2.75) is 6.92 Å². The molecule has 2 aromatic heterocycles. The van der Waals surface area contributed by atoms with Gasteiger partial charge < -0.3 is 5.73 Å². The van der Waals surface area contributed by atoms with E-state index < -0.39 is 0 Å². The Bertz CT molecular complexity index is 504. The van der Waals surface area contributed by atoms with Crippen LogP contribution in [-0.4, -0.2) is 15.8 Å². The van der Waals surface area contributed by atoms with Crippen molar-refractivity contribution in [2.24, 2.45) is 5.73 Å². The number of amidine groups is 1. The Balaban J connectivity index is 2.69. The van der Waals surface area contributed by atoms with E-state index in [-0.39, 0.29) is 5.84 Å². The van der Waals surface area contributed by atoms with Crippen LogP contribution in [0.4, 0.5) is 0 Å². The first kappa shape index (κ1) is 8.62. The molecule has 2 rings (SSSR count). The third-order valence-corrected chi connectivity index (χ3v) is 1.97. The highest BCUT2D eigenvalue weighted by atomic mass is 14.9. The Hall–Kier alpha value is -1.97. The molecule has 2 heterocycles. The molecule has 0 saturated heterocycles. The molecule has 0 aliphatic carbocycles. The van der Waals surface area contributed by atoms with Crippen molar-refractivity contribution in [3.63, 3.8) is 0 Å². The molecule has 0 fully saturated rings. The number of fused-ring (bicyclic) bond motifs is 1. The minimum atomic E-state index is -0.0322. The number of rotatable bonds is 1. The molecule has 70 valence electrons. The Kier molecular flexibility index (Phi) is 1.89. The molecule has 0 unspecified atom stereocenters. The molecular formula is C10H10N4. The molecule has 14 heavy (non-hydrogen) atoms. The minimum absolute atomic E-state index is 0.0322. The lowest BCUT2D eigenvalue weighted by molar-refractivity contribution is 1.19. The molecule has 0 atom stereocenters. The standard InChI is InChI=1S/C10H10N4/c1-6-2-3-7-4-5-8(9(11)12)14-10(7)13-6/h2-5H,1H3,(H3,11,12). The second kappa shape index (κ2) is 3.06. The maximum absolute atomic E-state index is 7.25. The summed E-state index contributed by atoms with van der Waals surface area (Å²) in [6.07, 6.45) is 0. The van der Waals surface area contributed by atoms with Crippen LogP contribution in [-0.2, 0) is 0 Å². The van der Waals surface area contributed by atoms with E-state index in [4.69, 9.17) is 11.1 Å². The van der Waals surface area contributed by atoms with Gasteiger partial charge in [0.05, 0.1) is 0 Å². The van der Waals surface area contributed by atoms with Crippen molar-refractivity contribution in [2.75, 3.05) is 0 Å². The first-order chi connectivity index (χ1) is 6.66. The molecule has 0 saturated carbocycles. The monoisotopic (exact) mass is 186 g/mol. The average Bonchev–Trinajstić information content (AvgIpc) is 2.16. The Morgan fingerprint density at radius 3 is 2.64 bits per heavy atom. The van der Waals surface area contributed by atoms with Crippen LogP contribution in [0.3, 0.4) is 0 Å². The number of aromatic nitrogens is 2. The van der Waals surface area contributed by atoms with Gasteiger partial charge in [-0.3, -0.25) is 5.41 Å². The zero-order valence-corrected chi connectivity index (χ0v) is 7.78. The van der Waals surface area contributed by atoms with Crippen molar-refractivity contribution in [1.82, 2.24) is 9.97 Å². The normalized spacial score (nSPS) is 10.4. The van der Waals surface area contributed by atoms with Crippen molar-refractivity contribution < 1.29 is 0 Å². The molecule has 3 N–H and O–H groups in total. The van der Waals surface area contributed by atoms with Crippen LogP contribution >= 0.6 is 0 Å². The number of hydrogen-bond donors (Lipinski definition) is 2. The van der Waals surface area contributed by atoms with Gasteiger partial charge >= 0.3 is 0 Å². The third-order valence-electron chi connectivity index (χ3n) is 1.97. The van der Waals surface area contributed by atoms with Crippen molar-refractivity contribution in [3.8, 4) is 0 Å². The van der Waals surface area contributed by atoms with E-state index in [1.165, 1.54) is 0 Å². The van der Waals surface area contributed by atoms with Gasteiger partial charge in [0.25, 0.3) is 0 Å². The fraction of sp³-hybridized carbons (Fsp3) is 0.100. The van der Waals surface area contributed by atoms with Crippen LogP contribution in [0, 0.1) is 12.3 Å². The fourth-order valence-electron chi connectivity index (χ4n) is 1.24. The van der Waals surface area contributed by atoms with E-state index in [9.17, 15) is 0 Å². The van der Waals surface area contributed by atoms with Crippen molar-refractivity contribution >= 4 is 16.9 Å². The van der Waals surface area contributed by atoms with Crippen LogP contribution in [0.1, 0.15) is 11.4 Å². The SMILES string of the molecule is Cc1ccc2ccc(C(=N)N)nc2n1. The van der Waals surface area contributed by atoms with Gasteiger partial charge in [-0.05, 0) is 31.2 Å². The maximum atomic E-state index is 7.25. The van der Waals surface area contributed by atoms with Crippen LogP contribution in [0.25, 0.3) is 11.0 Å². The van der Waals surface area contributed by atoms with Gasteiger partial charge in [0.1, 0.15) is 11.5 Å². The molecule has 0 spiro atoms. The number of hydrogen-bond acceptors (Lipinski definition) is 3. The van der Waals surface area contributed by atoms with Gasteiger partial charge in [-0.1, -0.05) is 0 Å². The average molecular weight is 186 g/mol. The summed E-state index contributed by atoms with van der Waals surface area (Å²) in [5.74, 6) is -0.0322. The summed E-state index contributed by atoms with van der Waals surface area (Å²) >= 11 is 0. The zero-order chi connectivity index (χ0) is 10.1. The molecule has 2 aromatic rings. The summed E-state index contributed by atoms with van der Waals surface area (Å²) < 4.78 is 0. The molecule has 0 aliphatic heterocycles. The predicted molar refractivity (Wildman–Crippen MR) is 55.3 cm³/mol. The Labute approximate surface area is 81.3 Å². The predicted octanol–water partition coefficient (Wildman–Crippen LogP) is 1.22. The van der Waals surface area contributed by atoms with Crippen LogP contribution in [0.2, 0.25) is 0 Å². The highest BCUT2D eigenvalue weighted by molar-refractivity contribution is 5.94. The second-order valence-corrected chi connectivity index (χ2v) is 3.11. The van der Waals surface area contributed by atoms with Crippen LogP contribution < -0.4 is 5.73 Å². The smallest absolute Gasteiger partial charge is 0.160 e. The van der Waals surface area contributed by atoms with Crippen LogP contribution in [0.5, 0.6) is 0 Å². The molecule has 0 amide bonds. The molecule has 4 heteroatoms. The van der Waals surface area contributed by atoms with Crippen LogP contribution in [0.15, 0.2) is 24.3 Å². The molecule has 0 aliphatic rings. The van der Waals surface area contributed by atoms with E-state index >= 15 is 0 Å². The summed E-state index contributed by atoms with van der Waals surface area (Å²) in [5.41, 5.74) is 7.35. The fourth-order valence-corrected chi connectivity index (χ4v) is 1.24. The van der Waals surface area contributed by atoms with E-state index in [0.717, 1.165) is 11.1 Å². The van der Waals surface area contributed by atoms with Gasteiger partial charge in [0, 0.05) is 11.1 Å². The summed E-state index contributed by atoms with van der Waals surface area (Å²) in [4.78, 5) is 8.43. The van der Waals surface area contributed by atoms with Gasteiger partial charge in [-0.25, -0.2) is 9.97 Å². The molecule has 0 radical (unpaired) electrons. The number of pyridine rings is 2. The van der Waals surface area contributed by atoms with E-state index in [0.29, 0.717) is 11.3 Å². The lowest BCUT2D eigenvalue weighted by Gasteiger charge is -2.00. The number of aryl methyl sites for hydroxylation is 1. The molecule has 0 bridgehead atoms. The summed E-state index contributed by atoms with van der Waals surface area (Å²) in [5, 5.41) is 8.21. The maximum Gasteiger partial charge on any atom is 0.160 e. The highest BCUT2D eigenvalue weighted by Gasteiger charge is 2.01. The lowest BCUT2D eigenvalue weighted by atomic mass is 10.2. The van der Waals surface area contributed by atoms with Gasteiger partial charge in [-0.15, -0.1) is 0 Å². The first-order valence-electron chi connectivity index (χ1n) is 4.25. The molecule has 4 nitrogen and oxygen atoms in total. The van der Waals surface area contributed by atoms with E-state index in [1.54, 1.807) is 6.07 Å². The minimum Gasteiger partial charge on any atom is -0.382 e. The molecule has 0 aromatic carbocycles. The van der Waals surface area contributed by atoms with E-state index in [2.05, 4.69) is 9.97 Å². The Morgan fingerprint density at radius 2 is 1.93 bits per heavy atom. The van der Waals surface area contributed by atoms with Gasteiger partial charge in [0.15, 0.2) is 5.65 Å². The lowest BCUT2D eigenvalue weighted by Crippen LogP contribution is -2.13. The van der Waals surface area contributed by atoms with Gasteiger partial charge in [0.2, 0.25) is 0 Å². The Morgan fingerprint density at radius 1 is 1.21 bits per heavy atom.